The Kier molecular flexibility index (Phi) is 3.89. The van der Waals surface area contributed by atoms with Gasteiger partial charge in [-0.05, 0) is 25.7 Å². The quantitative estimate of drug-likeness (QED) is 0.646. The van der Waals surface area contributed by atoms with Gasteiger partial charge in [0.2, 0.25) is 0 Å². The van der Waals surface area contributed by atoms with Gasteiger partial charge in [-0.2, -0.15) is 0 Å². The number of thioether (sulfide) groups is 2. The van der Waals surface area contributed by atoms with Crippen LogP contribution in [0.2, 0.25) is 0 Å². The van der Waals surface area contributed by atoms with Crippen LogP contribution in [0.15, 0.2) is 12.2 Å². The molecule has 0 spiro atoms. The third kappa shape index (κ3) is 2.96. The topological polar surface area (TPSA) is 0 Å². The molecular formula is C12H20S2. The first-order chi connectivity index (χ1) is 6.79. The molecule has 1 aliphatic carbocycles. The smallest absolute Gasteiger partial charge is 0.0764 e. The van der Waals surface area contributed by atoms with Gasteiger partial charge in [0.1, 0.15) is 0 Å². The molecule has 2 fully saturated rings. The van der Waals surface area contributed by atoms with Crippen LogP contribution in [0, 0.1) is 5.92 Å². The zero-order chi connectivity index (χ0) is 9.86. The summed E-state index contributed by atoms with van der Waals surface area (Å²) in [5.41, 5.74) is 0. The second kappa shape index (κ2) is 4.98. The zero-order valence-electron chi connectivity index (χ0n) is 9.00. The number of rotatable bonds is 2. The Hall–Kier alpha value is 0.440. The number of allylic oxidation sites excluding steroid dienone is 1. The molecule has 0 bridgehead atoms. The van der Waals surface area contributed by atoms with Gasteiger partial charge in [-0.15, -0.1) is 23.5 Å². The van der Waals surface area contributed by atoms with Crippen LogP contribution in [-0.4, -0.2) is 15.6 Å². The summed E-state index contributed by atoms with van der Waals surface area (Å²) in [6.07, 6.45) is 12.2. The molecule has 0 N–H and O–H groups in total. The van der Waals surface area contributed by atoms with E-state index in [4.69, 9.17) is 0 Å². The minimum atomic E-state index is 0.400. The molecule has 0 radical (unpaired) electrons. The largest absolute Gasteiger partial charge is 0.139 e. The molecule has 2 heteroatoms. The second-order valence-corrected chi connectivity index (χ2v) is 7.82. The van der Waals surface area contributed by atoms with Crippen LogP contribution in [0.5, 0.6) is 0 Å². The average molecular weight is 228 g/mol. The van der Waals surface area contributed by atoms with Crippen LogP contribution in [0.25, 0.3) is 0 Å². The molecule has 0 amide bonds. The molecular weight excluding hydrogens is 208 g/mol. The summed E-state index contributed by atoms with van der Waals surface area (Å²) in [5.74, 6) is 3.55. The highest BCUT2D eigenvalue weighted by atomic mass is 32.2. The van der Waals surface area contributed by atoms with Crippen molar-refractivity contribution >= 4 is 23.5 Å². The van der Waals surface area contributed by atoms with Crippen molar-refractivity contribution in [2.24, 2.45) is 5.92 Å². The normalized spacial score (nSPS) is 28.6. The Balaban J connectivity index is 1.85. The minimum absolute atomic E-state index is 0.400. The maximum Gasteiger partial charge on any atom is 0.0764 e. The summed E-state index contributed by atoms with van der Waals surface area (Å²) in [6, 6.07) is 0. The van der Waals surface area contributed by atoms with Crippen molar-refractivity contribution in [2.75, 3.05) is 11.5 Å². The van der Waals surface area contributed by atoms with Crippen molar-refractivity contribution in [2.45, 2.75) is 43.1 Å². The van der Waals surface area contributed by atoms with E-state index in [1.165, 1.54) is 43.6 Å². The van der Waals surface area contributed by atoms with Gasteiger partial charge in [-0.1, -0.05) is 31.4 Å². The van der Waals surface area contributed by atoms with E-state index in [0.717, 1.165) is 5.92 Å². The monoisotopic (exact) mass is 228 g/mol. The van der Waals surface area contributed by atoms with Gasteiger partial charge in [0, 0.05) is 11.5 Å². The molecule has 2 rings (SSSR count). The maximum absolute atomic E-state index is 2.50. The predicted octanol–water partition coefficient (Wildman–Crippen LogP) is 4.32. The predicted molar refractivity (Wildman–Crippen MR) is 69.0 cm³/mol. The highest BCUT2D eigenvalue weighted by Crippen LogP contribution is 2.44. The highest BCUT2D eigenvalue weighted by Gasteiger charge is 2.27. The number of hydrogen-bond acceptors (Lipinski definition) is 2. The van der Waals surface area contributed by atoms with Crippen LogP contribution in [0.3, 0.4) is 0 Å². The van der Waals surface area contributed by atoms with Crippen LogP contribution in [0.4, 0.5) is 0 Å². The van der Waals surface area contributed by atoms with E-state index in [2.05, 4.69) is 42.6 Å². The van der Waals surface area contributed by atoms with Crippen LogP contribution < -0.4 is 0 Å². The van der Waals surface area contributed by atoms with Crippen molar-refractivity contribution in [3.05, 3.63) is 12.2 Å². The van der Waals surface area contributed by atoms with E-state index >= 15 is 0 Å². The lowest BCUT2D eigenvalue weighted by atomic mass is 9.89. The molecule has 0 nitrogen and oxygen atoms in total. The van der Waals surface area contributed by atoms with Gasteiger partial charge in [0.05, 0.1) is 4.08 Å². The average Bonchev–Trinajstić information content (AvgIpc) is 2.65. The molecule has 1 heterocycles. The Bertz CT molecular complexity index is 198. The van der Waals surface area contributed by atoms with Crippen molar-refractivity contribution < 1.29 is 0 Å². The molecule has 0 atom stereocenters. The zero-order valence-corrected chi connectivity index (χ0v) is 10.6. The van der Waals surface area contributed by atoms with Gasteiger partial charge >= 0.3 is 0 Å². The Labute approximate surface area is 96.3 Å². The minimum Gasteiger partial charge on any atom is -0.139 e. The Morgan fingerprint density at radius 3 is 2.36 bits per heavy atom. The van der Waals surface area contributed by atoms with Gasteiger partial charge in [-0.3, -0.25) is 0 Å². The van der Waals surface area contributed by atoms with Crippen molar-refractivity contribution in [3.63, 3.8) is 0 Å². The van der Waals surface area contributed by atoms with E-state index in [0.29, 0.717) is 4.08 Å². The van der Waals surface area contributed by atoms with E-state index in [1.807, 2.05) is 0 Å². The molecule has 14 heavy (non-hydrogen) atoms. The lowest BCUT2D eigenvalue weighted by Gasteiger charge is -2.21. The van der Waals surface area contributed by atoms with Crippen LogP contribution in [0.1, 0.15) is 39.0 Å². The summed E-state index contributed by atoms with van der Waals surface area (Å²) >= 11 is 4.22. The summed E-state index contributed by atoms with van der Waals surface area (Å²) in [7, 11) is 0. The fraction of sp³-hybridized carbons (Fsp3) is 0.833. The van der Waals surface area contributed by atoms with Crippen molar-refractivity contribution in [1.29, 1.82) is 0 Å². The second-order valence-electron chi connectivity index (χ2n) is 4.47. The fourth-order valence-electron chi connectivity index (χ4n) is 2.26. The standard InChI is InChI=1S/C12H20S2/c1-12(13-9-10-14-12)8-7-11-5-3-2-4-6-11/h7-8,11H,2-6,9-10H2,1H3/b8-7+. The Morgan fingerprint density at radius 2 is 1.71 bits per heavy atom. The molecule has 0 unspecified atom stereocenters. The first-order valence-electron chi connectivity index (χ1n) is 5.76. The fourth-order valence-corrected chi connectivity index (χ4v) is 4.92. The van der Waals surface area contributed by atoms with E-state index in [1.54, 1.807) is 0 Å². The molecule has 0 aromatic heterocycles. The number of hydrogen-bond donors (Lipinski definition) is 0. The summed E-state index contributed by atoms with van der Waals surface area (Å²) in [5, 5.41) is 0. The molecule has 1 aliphatic heterocycles. The lowest BCUT2D eigenvalue weighted by Crippen LogP contribution is -2.09. The highest BCUT2D eigenvalue weighted by molar-refractivity contribution is 8.21. The van der Waals surface area contributed by atoms with Gasteiger partial charge in [-0.25, -0.2) is 0 Å². The van der Waals surface area contributed by atoms with Gasteiger partial charge in [0.15, 0.2) is 0 Å². The van der Waals surface area contributed by atoms with Gasteiger partial charge in [0.25, 0.3) is 0 Å². The molecule has 1 saturated carbocycles. The van der Waals surface area contributed by atoms with E-state index < -0.39 is 0 Å². The van der Waals surface area contributed by atoms with Crippen molar-refractivity contribution in [1.82, 2.24) is 0 Å². The van der Waals surface area contributed by atoms with Crippen LogP contribution >= 0.6 is 23.5 Å². The third-order valence-corrected chi connectivity index (χ3v) is 6.38. The van der Waals surface area contributed by atoms with Crippen LogP contribution in [-0.2, 0) is 0 Å². The SMILES string of the molecule is CC1(/C=C/C2CCCCC2)SCCS1. The summed E-state index contributed by atoms with van der Waals surface area (Å²) in [6.45, 7) is 2.37. The van der Waals surface area contributed by atoms with Crippen molar-refractivity contribution in [3.8, 4) is 0 Å². The van der Waals surface area contributed by atoms with E-state index in [9.17, 15) is 0 Å². The molecule has 1 saturated heterocycles. The van der Waals surface area contributed by atoms with Gasteiger partial charge < -0.3 is 0 Å². The molecule has 80 valence electrons. The summed E-state index contributed by atoms with van der Waals surface area (Å²) in [4.78, 5) is 0. The molecule has 0 aromatic carbocycles. The summed E-state index contributed by atoms with van der Waals surface area (Å²) < 4.78 is 0.400. The Morgan fingerprint density at radius 1 is 1.07 bits per heavy atom. The molecule has 0 aromatic rings. The third-order valence-electron chi connectivity index (χ3n) is 3.18. The first-order valence-corrected chi connectivity index (χ1v) is 7.73. The van der Waals surface area contributed by atoms with E-state index in [-0.39, 0.29) is 0 Å². The lowest BCUT2D eigenvalue weighted by molar-refractivity contribution is 0.419. The first kappa shape index (κ1) is 10.9. The molecule has 2 aliphatic rings. The maximum atomic E-state index is 2.50.